The highest BCUT2D eigenvalue weighted by atomic mass is 127. The van der Waals surface area contributed by atoms with Gasteiger partial charge in [-0.2, -0.15) is 0 Å². The van der Waals surface area contributed by atoms with Gasteiger partial charge in [-0.1, -0.05) is 38.1 Å². The summed E-state index contributed by atoms with van der Waals surface area (Å²) in [7, 11) is 0. The zero-order valence-electron chi connectivity index (χ0n) is 19.9. The second-order valence-electron chi connectivity index (χ2n) is 8.27. The molecule has 180 valence electrons. The summed E-state index contributed by atoms with van der Waals surface area (Å²) >= 11 is 0. The number of ether oxygens (including phenoxy) is 1. The van der Waals surface area contributed by atoms with E-state index in [0.717, 1.165) is 71.2 Å². The van der Waals surface area contributed by atoms with Crippen molar-refractivity contribution in [3.05, 3.63) is 35.4 Å². The molecule has 1 unspecified atom stereocenters. The van der Waals surface area contributed by atoms with Crippen LogP contribution in [0.4, 0.5) is 0 Å². The van der Waals surface area contributed by atoms with Gasteiger partial charge in [-0.05, 0) is 44.0 Å². The van der Waals surface area contributed by atoms with Crippen molar-refractivity contribution in [2.24, 2.45) is 4.99 Å². The van der Waals surface area contributed by atoms with E-state index in [9.17, 15) is 4.79 Å². The van der Waals surface area contributed by atoms with Crippen molar-refractivity contribution in [1.29, 1.82) is 0 Å². The second kappa shape index (κ2) is 14.0. The molecule has 0 aromatic heterocycles. The molecule has 0 aliphatic carbocycles. The fourth-order valence-corrected chi connectivity index (χ4v) is 4.24. The van der Waals surface area contributed by atoms with Gasteiger partial charge in [-0.25, -0.2) is 4.99 Å². The molecule has 2 aliphatic rings. The first-order valence-electron chi connectivity index (χ1n) is 11.9. The maximum atomic E-state index is 12.6. The van der Waals surface area contributed by atoms with Crippen LogP contribution in [0.5, 0.6) is 0 Å². The monoisotopic (exact) mass is 557 g/mol. The zero-order chi connectivity index (χ0) is 22.1. The summed E-state index contributed by atoms with van der Waals surface area (Å²) in [6.45, 7) is 14.8. The number of aliphatic imine (C=N–C) groups is 1. The Hall–Kier alpha value is -1.39. The normalized spacial score (nSPS) is 19.2. The van der Waals surface area contributed by atoms with Gasteiger partial charge in [0, 0.05) is 45.9 Å². The van der Waals surface area contributed by atoms with Gasteiger partial charge in [0.15, 0.2) is 5.96 Å². The van der Waals surface area contributed by atoms with Crippen LogP contribution in [0.1, 0.15) is 44.7 Å². The lowest BCUT2D eigenvalue weighted by Crippen LogP contribution is -2.55. The minimum absolute atomic E-state index is 0. The van der Waals surface area contributed by atoms with Crippen molar-refractivity contribution in [3.63, 3.8) is 0 Å². The molecule has 7 nitrogen and oxygen atoms in total. The Labute approximate surface area is 210 Å². The number of guanidine groups is 1. The standard InChI is InChI=1S/C24H39N5O2.HI/c1-4-25-24(26-18-20-9-7-10-21(17-20)19-27(5-2)6-3)29-14-12-28(13-15-29)23(30)22-11-8-16-31-22;/h7,9-10,17,22H,4-6,8,11-16,18-19H2,1-3H3,(H,25,26);1H. The van der Waals surface area contributed by atoms with E-state index in [1.807, 2.05) is 4.90 Å². The Kier molecular flexibility index (Phi) is 11.7. The summed E-state index contributed by atoms with van der Waals surface area (Å²) in [4.78, 5) is 24.1. The number of benzene rings is 1. The highest BCUT2D eigenvalue weighted by Gasteiger charge is 2.30. The van der Waals surface area contributed by atoms with E-state index in [-0.39, 0.29) is 36.0 Å². The third-order valence-electron chi connectivity index (χ3n) is 6.13. The van der Waals surface area contributed by atoms with Crippen LogP contribution >= 0.6 is 24.0 Å². The lowest BCUT2D eigenvalue weighted by atomic mass is 10.1. The lowest BCUT2D eigenvalue weighted by molar-refractivity contribution is -0.142. The Balaban J connectivity index is 0.00000363. The van der Waals surface area contributed by atoms with Gasteiger partial charge in [0.2, 0.25) is 0 Å². The first-order valence-corrected chi connectivity index (χ1v) is 11.9. The second-order valence-corrected chi connectivity index (χ2v) is 8.27. The van der Waals surface area contributed by atoms with E-state index in [0.29, 0.717) is 13.2 Å². The highest BCUT2D eigenvalue weighted by Crippen LogP contribution is 2.16. The molecular formula is C24H40IN5O2. The molecule has 2 heterocycles. The minimum atomic E-state index is -0.225. The molecule has 2 fully saturated rings. The predicted molar refractivity (Wildman–Crippen MR) is 140 cm³/mol. The van der Waals surface area contributed by atoms with Crippen molar-refractivity contribution >= 4 is 35.8 Å². The predicted octanol–water partition coefficient (Wildman–Crippen LogP) is 2.94. The number of carbonyl (C=O) groups is 1. The van der Waals surface area contributed by atoms with Gasteiger partial charge in [0.05, 0.1) is 6.54 Å². The fraction of sp³-hybridized carbons (Fsp3) is 0.667. The summed E-state index contributed by atoms with van der Waals surface area (Å²) in [5, 5.41) is 3.43. The number of halogens is 1. The van der Waals surface area contributed by atoms with Crippen LogP contribution in [-0.4, -0.2) is 85.1 Å². The van der Waals surface area contributed by atoms with E-state index in [1.165, 1.54) is 11.1 Å². The molecule has 1 aromatic rings. The minimum Gasteiger partial charge on any atom is -0.368 e. The van der Waals surface area contributed by atoms with E-state index in [2.05, 4.69) is 60.2 Å². The maximum Gasteiger partial charge on any atom is 0.251 e. The number of hydrogen-bond donors (Lipinski definition) is 1. The Morgan fingerprint density at radius 2 is 1.81 bits per heavy atom. The topological polar surface area (TPSA) is 60.4 Å². The van der Waals surface area contributed by atoms with Crippen LogP contribution in [0, 0.1) is 0 Å². The lowest BCUT2D eigenvalue weighted by Gasteiger charge is -2.37. The van der Waals surface area contributed by atoms with Crippen LogP contribution in [0.25, 0.3) is 0 Å². The van der Waals surface area contributed by atoms with Crippen molar-refractivity contribution in [1.82, 2.24) is 20.0 Å². The molecule has 0 bridgehead atoms. The number of carbonyl (C=O) groups excluding carboxylic acids is 1. The molecule has 0 spiro atoms. The maximum absolute atomic E-state index is 12.6. The first kappa shape index (κ1) is 26.9. The van der Waals surface area contributed by atoms with Gasteiger partial charge in [0.1, 0.15) is 6.10 Å². The summed E-state index contributed by atoms with van der Waals surface area (Å²) in [5.41, 5.74) is 2.56. The molecule has 1 amide bonds. The number of hydrogen-bond acceptors (Lipinski definition) is 4. The van der Waals surface area contributed by atoms with E-state index in [1.54, 1.807) is 0 Å². The quantitative estimate of drug-likeness (QED) is 0.303. The number of nitrogens with one attached hydrogen (secondary N) is 1. The van der Waals surface area contributed by atoms with Gasteiger partial charge in [-0.3, -0.25) is 9.69 Å². The molecule has 1 aromatic carbocycles. The van der Waals surface area contributed by atoms with E-state index < -0.39 is 0 Å². The molecule has 1 N–H and O–H groups in total. The SMILES string of the molecule is CCNC(=NCc1cccc(CN(CC)CC)c1)N1CCN(C(=O)C2CCCO2)CC1.I. The summed E-state index contributed by atoms with van der Waals surface area (Å²) in [5.74, 6) is 1.09. The fourth-order valence-electron chi connectivity index (χ4n) is 4.24. The van der Waals surface area contributed by atoms with Crippen LogP contribution in [-0.2, 0) is 22.6 Å². The molecule has 8 heteroatoms. The van der Waals surface area contributed by atoms with Gasteiger partial charge < -0.3 is 19.9 Å². The molecule has 3 rings (SSSR count). The van der Waals surface area contributed by atoms with Crippen LogP contribution in [0.2, 0.25) is 0 Å². The van der Waals surface area contributed by atoms with Crippen molar-refractivity contribution in [3.8, 4) is 0 Å². The molecule has 2 saturated heterocycles. The van der Waals surface area contributed by atoms with Crippen LogP contribution in [0.15, 0.2) is 29.3 Å². The number of amides is 1. The summed E-state index contributed by atoms with van der Waals surface area (Å²) in [6.07, 6.45) is 1.62. The number of rotatable bonds is 8. The zero-order valence-corrected chi connectivity index (χ0v) is 22.2. The average Bonchev–Trinajstić information content (AvgIpc) is 3.35. The van der Waals surface area contributed by atoms with Gasteiger partial charge in [-0.15, -0.1) is 24.0 Å². The van der Waals surface area contributed by atoms with Crippen LogP contribution < -0.4 is 5.32 Å². The third kappa shape index (κ3) is 7.59. The third-order valence-corrected chi connectivity index (χ3v) is 6.13. The van der Waals surface area contributed by atoms with Crippen molar-refractivity contribution in [2.45, 2.75) is 52.8 Å². The van der Waals surface area contributed by atoms with Gasteiger partial charge >= 0.3 is 0 Å². The highest BCUT2D eigenvalue weighted by molar-refractivity contribution is 14.0. The summed E-state index contributed by atoms with van der Waals surface area (Å²) in [6, 6.07) is 8.74. The Morgan fingerprint density at radius 3 is 2.44 bits per heavy atom. The molecule has 2 aliphatic heterocycles. The molecule has 32 heavy (non-hydrogen) atoms. The van der Waals surface area contributed by atoms with E-state index >= 15 is 0 Å². The average molecular weight is 558 g/mol. The smallest absolute Gasteiger partial charge is 0.251 e. The van der Waals surface area contributed by atoms with Crippen molar-refractivity contribution < 1.29 is 9.53 Å². The van der Waals surface area contributed by atoms with Crippen molar-refractivity contribution in [2.75, 3.05) is 52.4 Å². The number of nitrogens with zero attached hydrogens (tertiary/aromatic N) is 4. The molecule has 1 atom stereocenters. The number of piperazine rings is 1. The Morgan fingerprint density at radius 1 is 1.12 bits per heavy atom. The Bertz CT molecular complexity index is 727. The molecule has 0 radical (unpaired) electrons. The van der Waals surface area contributed by atoms with E-state index in [4.69, 9.17) is 9.73 Å². The molecular weight excluding hydrogens is 517 g/mol. The summed E-state index contributed by atoms with van der Waals surface area (Å²) < 4.78 is 5.57. The largest absolute Gasteiger partial charge is 0.368 e. The van der Waals surface area contributed by atoms with Crippen LogP contribution in [0.3, 0.4) is 0 Å². The molecule has 0 saturated carbocycles. The van der Waals surface area contributed by atoms with Gasteiger partial charge in [0.25, 0.3) is 5.91 Å². The first-order chi connectivity index (χ1) is 15.1.